The van der Waals surface area contributed by atoms with Crippen molar-refractivity contribution in [2.45, 2.75) is 36.3 Å². The van der Waals surface area contributed by atoms with Crippen molar-refractivity contribution in [3.63, 3.8) is 0 Å². The maximum Gasteiger partial charge on any atom is 0.181 e. The molecule has 92 valence electrons. The zero-order valence-corrected chi connectivity index (χ0v) is 10.6. The van der Waals surface area contributed by atoms with E-state index in [0.717, 1.165) is 0 Å². The number of hydrogen-bond donors (Lipinski definition) is 0. The van der Waals surface area contributed by atoms with Gasteiger partial charge in [0.05, 0.1) is 10.1 Å². The SMILES string of the molecule is C[C@@H]1CC[C@@H](S(=O)(=O)c2ccccc2)CC1=O. The third kappa shape index (κ3) is 2.41. The molecule has 0 unspecified atom stereocenters. The highest BCUT2D eigenvalue weighted by atomic mass is 32.2. The first-order valence-corrected chi connectivity index (χ1v) is 7.38. The van der Waals surface area contributed by atoms with Crippen molar-refractivity contribution in [1.29, 1.82) is 0 Å². The summed E-state index contributed by atoms with van der Waals surface area (Å²) in [6, 6.07) is 8.39. The van der Waals surface area contributed by atoms with E-state index < -0.39 is 15.1 Å². The average molecular weight is 252 g/mol. The molecule has 1 aliphatic carbocycles. The quantitative estimate of drug-likeness (QED) is 0.811. The Balaban J connectivity index is 2.26. The van der Waals surface area contributed by atoms with E-state index in [1.165, 1.54) is 0 Å². The van der Waals surface area contributed by atoms with Crippen LogP contribution >= 0.6 is 0 Å². The standard InChI is InChI=1S/C13H16O3S/c1-10-7-8-12(9-13(10)14)17(15,16)11-5-3-2-4-6-11/h2-6,10,12H,7-9H2,1H3/t10-,12-/m1/s1. The fourth-order valence-corrected chi connectivity index (χ4v) is 3.94. The van der Waals surface area contributed by atoms with Gasteiger partial charge in [-0.05, 0) is 25.0 Å². The molecule has 3 nitrogen and oxygen atoms in total. The summed E-state index contributed by atoms with van der Waals surface area (Å²) in [6.07, 6.45) is 1.43. The van der Waals surface area contributed by atoms with E-state index >= 15 is 0 Å². The van der Waals surface area contributed by atoms with Gasteiger partial charge < -0.3 is 0 Å². The predicted octanol–water partition coefficient (Wildman–Crippen LogP) is 2.22. The predicted molar refractivity (Wildman–Crippen MR) is 65.4 cm³/mol. The Morgan fingerprint density at radius 3 is 2.35 bits per heavy atom. The molecule has 2 atom stereocenters. The smallest absolute Gasteiger partial charge is 0.181 e. The maximum atomic E-state index is 12.3. The van der Waals surface area contributed by atoms with E-state index in [4.69, 9.17) is 0 Å². The Hall–Kier alpha value is -1.16. The molecule has 0 amide bonds. The van der Waals surface area contributed by atoms with Gasteiger partial charge in [0.25, 0.3) is 0 Å². The van der Waals surface area contributed by atoms with Crippen LogP contribution in [-0.4, -0.2) is 19.5 Å². The van der Waals surface area contributed by atoms with Gasteiger partial charge in [0.15, 0.2) is 9.84 Å². The number of hydrogen-bond acceptors (Lipinski definition) is 3. The molecule has 1 fully saturated rings. The first-order valence-electron chi connectivity index (χ1n) is 5.83. The van der Waals surface area contributed by atoms with Gasteiger partial charge in [-0.2, -0.15) is 0 Å². The summed E-state index contributed by atoms with van der Waals surface area (Å²) in [5, 5.41) is -0.534. The van der Waals surface area contributed by atoms with Crippen molar-refractivity contribution in [3.8, 4) is 0 Å². The lowest BCUT2D eigenvalue weighted by atomic mass is 9.89. The summed E-state index contributed by atoms with van der Waals surface area (Å²) in [5.74, 6) is 0.0815. The molecule has 1 aliphatic rings. The molecule has 1 aromatic carbocycles. The summed E-state index contributed by atoms with van der Waals surface area (Å²) in [5.41, 5.74) is 0. The number of benzene rings is 1. The van der Waals surface area contributed by atoms with Crippen LogP contribution in [0, 0.1) is 5.92 Å². The first kappa shape index (κ1) is 12.3. The first-order chi connectivity index (χ1) is 8.01. The van der Waals surface area contributed by atoms with Gasteiger partial charge >= 0.3 is 0 Å². The molecule has 0 spiro atoms. The Morgan fingerprint density at radius 2 is 1.76 bits per heavy atom. The highest BCUT2D eigenvalue weighted by molar-refractivity contribution is 7.92. The van der Waals surface area contributed by atoms with E-state index in [2.05, 4.69) is 0 Å². The van der Waals surface area contributed by atoms with Crippen LogP contribution in [0.4, 0.5) is 0 Å². The number of Topliss-reactive ketones (excluding diaryl/α,β-unsaturated/α-hetero) is 1. The summed E-state index contributed by atoms with van der Waals surface area (Å²) < 4.78 is 24.6. The second kappa shape index (κ2) is 4.61. The van der Waals surface area contributed by atoms with E-state index in [0.29, 0.717) is 17.7 Å². The van der Waals surface area contributed by atoms with Crippen LogP contribution in [0.3, 0.4) is 0 Å². The third-order valence-electron chi connectivity index (χ3n) is 3.41. The molecule has 1 aromatic rings. The molecule has 0 N–H and O–H groups in total. The summed E-state index contributed by atoms with van der Waals surface area (Å²) in [4.78, 5) is 11.9. The Morgan fingerprint density at radius 1 is 1.12 bits per heavy atom. The third-order valence-corrected chi connectivity index (χ3v) is 5.62. The van der Waals surface area contributed by atoms with Crippen LogP contribution in [0.1, 0.15) is 26.2 Å². The molecule has 2 rings (SSSR count). The zero-order chi connectivity index (χ0) is 12.5. The Bertz CT molecular complexity index is 505. The molecule has 0 aromatic heterocycles. The van der Waals surface area contributed by atoms with Gasteiger partial charge in [0, 0.05) is 12.3 Å². The van der Waals surface area contributed by atoms with Crippen molar-refractivity contribution >= 4 is 15.6 Å². The maximum absolute atomic E-state index is 12.3. The van der Waals surface area contributed by atoms with Crippen LogP contribution in [0.2, 0.25) is 0 Å². The van der Waals surface area contributed by atoms with Crippen LogP contribution in [0.25, 0.3) is 0 Å². The van der Waals surface area contributed by atoms with Gasteiger partial charge in [-0.3, -0.25) is 4.79 Å². The summed E-state index contributed by atoms with van der Waals surface area (Å²) in [6.45, 7) is 1.87. The number of carbonyl (C=O) groups excluding carboxylic acids is 1. The van der Waals surface area contributed by atoms with Crippen molar-refractivity contribution in [2.24, 2.45) is 5.92 Å². The minimum Gasteiger partial charge on any atom is -0.299 e. The number of carbonyl (C=O) groups is 1. The number of sulfone groups is 1. The highest BCUT2D eigenvalue weighted by Gasteiger charge is 2.34. The Kier molecular flexibility index (Phi) is 3.33. The summed E-state index contributed by atoms with van der Waals surface area (Å²) >= 11 is 0. The fraction of sp³-hybridized carbons (Fsp3) is 0.462. The van der Waals surface area contributed by atoms with Gasteiger partial charge in [-0.15, -0.1) is 0 Å². The number of ketones is 1. The minimum atomic E-state index is -3.34. The van der Waals surface area contributed by atoms with E-state index in [9.17, 15) is 13.2 Å². The minimum absolute atomic E-state index is 0.0113. The fourth-order valence-electron chi connectivity index (χ4n) is 2.19. The molecule has 0 saturated heterocycles. The molecule has 0 bridgehead atoms. The Labute approximate surface area is 102 Å². The second-order valence-corrected chi connectivity index (χ2v) is 6.86. The van der Waals surface area contributed by atoms with Crippen molar-refractivity contribution in [2.75, 3.05) is 0 Å². The molecular weight excluding hydrogens is 236 g/mol. The van der Waals surface area contributed by atoms with Crippen LogP contribution in [0.15, 0.2) is 35.2 Å². The summed E-state index contributed by atoms with van der Waals surface area (Å²) in [7, 11) is -3.34. The largest absolute Gasteiger partial charge is 0.299 e. The molecular formula is C13H16O3S. The normalized spacial score (nSPS) is 25.8. The monoisotopic (exact) mass is 252 g/mol. The molecule has 0 radical (unpaired) electrons. The molecule has 17 heavy (non-hydrogen) atoms. The molecule has 0 aliphatic heterocycles. The van der Waals surface area contributed by atoms with Gasteiger partial charge in [-0.25, -0.2) is 8.42 Å². The number of rotatable bonds is 2. The second-order valence-electron chi connectivity index (χ2n) is 4.63. The van der Waals surface area contributed by atoms with Crippen molar-refractivity contribution in [3.05, 3.63) is 30.3 Å². The van der Waals surface area contributed by atoms with Gasteiger partial charge in [0.1, 0.15) is 5.78 Å². The van der Waals surface area contributed by atoms with Crippen molar-refractivity contribution in [1.82, 2.24) is 0 Å². The topological polar surface area (TPSA) is 51.2 Å². The average Bonchev–Trinajstić information content (AvgIpc) is 2.33. The van der Waals surface area contributed by atoms with Crippen LogP contribution in [-0.2, 0) is 14.6 Å². The molecule has 0 heterocycles. The van der Waals surface area contributed by atoms with E-state index in [-0.39, 0.29) is 18.1 Å². The lowest BCUT2D eigenvalue weighted by Crippen LogP contribution is -2.32. The zero-order valence-electron chi connectivity index (χ0n) is 9.80. The van der Waals surface area contributed by atoms with Crippen LogP contribution < -0.4 is 0 Å². The van der Waals surface area contributed by atoms with E-state index in [1.54, 1.807) is 30.3 Å². The van der Waals surface area contributed by atoms with Gasteiger partial charge in [-0.1, -0.05) is 25.1 Å². The lowest BCUT2D eigenvalue weighted by Gasteiger charge is -2.24. The molecule has 1 saturated carbocycles. The lowest BCUT2D eigenvalue weighted by molar-refractivity contribution is -0.123. The van der Waals surface area contributed by atoms with Crippen molar-refractivity contribution < 1.29 is 13.2 Å². The molecule has 4 heteroatoms. The van der Waals surface area contributed by atoms with Gasteiger partial charge in [0.2, 0.25) is 0 Å². The highest BCUT2D eigenvalue weighted by Crippen LogP contribution is 2.29. The van der Waals surface area contributed by atoms with Crippen LogP contribution in [0.5, 0.6) is 0 Å². The van der Waals surface area contributed by atoms with E-state index in [1.807, 2.05) is 6.92 Å².